The van der Waals surface area contributed by atoms with Crippen molar-refractivity contribution >= 4 is 22.7 Å². The molecule has 0 bridgehead atoms. The Morgan fingerprint density at radius 3 is 2.27 bits per heavy atom. The number of aromatic nitrogens is 5. The number of benzene rings is 2. The number of fused-ring (bicyclic) bond motifs is 1. The van der Waals surface area contributed by atoms with Gasteiger partial charge in [0.1, 0.15) is 5.82 Å². The highest BCUT2D eigenvalue weighted by Gasteiger charge is 2.33. The number of hydrogen-bond acceptors (Lipinski definition) is 6. The van der Waals surface area contributed by atoms with Crippen LogP contribution in [0.1, 0.15) is 91.6 Å². The number of halogens is 3. The minimum Gasteiger partial charge on any atom is -0.356 e. The van der Waals surface area contributed by atoms with Crippen LogP contribution in [0.15, 0.2) is 42.5 Å². The van der Waals surface area contributed by atoms with Crippen molar-refractivity contribution in [3.05, 3.63) is 70.3 Å². The van der Waals surface area contributed by atoms with Gasteiger partial charge in [-0.15, -0.1) is 5.10 Å². The number of tetrazole rings is 1. The van der Waals surface area contributed by atoms with Gasteiger partial charge in [0.05, 0.1) is 17.1 Å². The van der Waals surface area contributed by atoms with Gasteiger partial charge in [0, 0.05) is 37.1 Å². The van der Waals surface area contributed by atoms with Gasteiger partial charge >= 0.3 is 6.18 Å². The van der Waals surface area contributed by atoms with E-state index in [0.717, 1.165) is 66.6 Å². The van der Waals surface area contributed by atoms with Crippen LogP contribution in [0.5, 0.6) is 0 Å². The van der Waals surface area contributed by atoms with Crippen molar-refractivity contribution in [2.45, 2.75) is 96.9 Å². The average molecular weight is 618 g/mol. The summed E-state index contributed by atoms with van der Waals surface area (Å²) in [5.74, 6) is 2.78. The second-order valence-corrected chi connectivity index (χ2v) is 13.7. The van der Waals surface area contributed by atoms with Gasteiger partial charge in [-0.2, -0.15) is 18.0 Å². The number of para-hydroxylation sites is 1. The Balaban J connectivity index is 1.29. The van der Waals surface area contributed by atoms with Crippen LogP contribution < -0.4 is 9.80 Å². The van der Waals surface area contributed by atoms with E-state index in [0.29, 0.717) is 35.5 Å². The molecule has 0 N–H and O–H groups in total. The molecular formula is C35H42F3N7. The Labute approximate surface area is 262 Å². The van der Waals surface area contributed by atoms with Crippen LogP contribution in [0.25, 0.3) is 10.9 Å². The fourth-order valence-corrected chi connectivity index (χ4v) is 6.79. The second kappa shape index (κ2) is 12.2. The Morgan fingerprint density at radius 2 is 1.58 bits per heavy atom. The SMILES string of the molecule is Cc1cc(CN(Cc2cc3cccc(C)c3nc2N(CC2CC2)CC2CC2)c2nnn(C3CCCCC3)n2)cc(C(F)(F)F)c1. The Morgan fingerprint density at radius 1 is 0.844 bits per heavy atom. The minimum absolute atomic E-state index is 0.200. The molecule has 2 aromatic heterocycles. The van der Waals surface area contributed by atoms with Crippen molar-refractivity contribution in [1.82, 2.24) is 25.2 Å². The fraction of sp³-hybridized carbons (Fsp3) is 0.543. The highest BCUT2D eigenvalue weighted by Crippen LogP contribution is 2.38. The summed E-state index contributed by atoms with van der Waals surface area (Å²) in [6.45, 7) is 6.40. The van der Waals surface area contributed by atoms with Crippen molar-refractivity contribution in [1.29, 1.82) is 0 Å². The number of pyridine rings is 1. The molecule has 0 spiro atoms. The lowest BCUT2D eigenvalue weighted by atomic mass is 9.96. The van der Waals surface area contributed by atoms with E-state index in [1.165, 1.54) is 44.2 Å². The first-order valence-corrected chi connectivity index (χ1v) is 16.6. The minimum atomic E-state index is -4.42. The molecule has 0 aliphatic heterocycles. The summed E-state index contributed by atoms with van der Waals surface area (Å²) in [6.07, 6.45) is 6.08. The molecule has 2 aromatic carbocycles. The van der Waals surface area contributed by atoms with Crippen LogP contribution in [-0.2, 0) is 19.3 Å². The summed E-state index contributed by atoms with van der Waals surface area (Å²) in [6, 6.07) is 12.9. The normalized spacial score (nSPS) is 17.6. The summed E-state index contributed by atoms with van der Waals surface area (Å²) in [4.78, 5) is 11.5. The van der Waals surface area contributed by atoms with Crippen LogP contribution in [0.3, 0.4) is 0 Å². The van der Waals surface area contributed by atoms with Gasteiger partial charge in [-0.25, -0.2) is 4.98 Å². The molecule has 3 aliphatic rings. The third-order valence-corrected chi connectivity index (χ3v) is 9.56. The van der Waals surface area contributed by atoms with Crippen molar-refractivity contribution in [2.24, 2.45) is 11.8 Å². The van der Waals surface area contributed by atoms with Crippen LogP contribution >= 0.6 is 0 Å². The van der Waals surface area contributed by atoms with Crippen molar-refractivity contribution < 1.29 is 13.2 Å². The molecule has 4 aromatic rings. The third kappa shape index (κ3) is 7.10. The molecule has 3 fully saturated rings. The summed E-state index contributed by atoms with van der Waals surface area (Å²) in [5, 5.41) is 14.9. The molecular weight excluding hydrogens is 575 g/mol. The van der Waals surface area contributed by atoms with Crippen LogP contribution in [0.2, 0.25) is 0 Å². The quantitative estimate of drug-likeness (QED) is 0.169. The van der Waals surface area contributed by atoms with E-state index in [1.807, 2.05) is 11.0 Å². The number of anilines is 2. The number of nitrogens with zero attached hydrogens (tertiary/aromatic N) is 7. The molecule has 7 nitrogen and oxygen atoms in total. The zero-order chi connectivity index (χ0) is 31.1. The van der Waals surface area contributed by atoms with E-state index >= 15 is 0 Å². The van der Waals surface area contributed by atoms with E-state index in [4.69, 9.17) is 10.1 Å². The largest absolute Gasteiger partial charge is 0.416 e. The first kappa shape index (κ1) is 30.0. The molecule has 2 heterocycles. The lowest BCUT2D eigenvalue weighted by Crippen LogP contribution is -2.32. The van der Waals surface area contributed by atoms with E-state index in [1.54, 1.807) is 11.7 Å². The topological polar surface area (TPSA) is 63.0 Å². The van der Waals surface area contributed by atoms with Gasteiger partial charge in [-0.1, -0.05) is 54.2 Å². The summed E-state index contributed by atoms with van der Waals surface area (Å²) >= 11 is 0. The molecule has 0 atom stereocenters. The van der Waals surface area contributed by atoms with E-state index < -0.39 is 11.7 Å². The van der Waals surface area contributed by atoms with Gasteiger partial charge in [0.2, 0.25) is 0 Å². The second-order valence-electron chi connectivity index (χ2n) is 13.7. The predicted molar refractivity (Wildman–Crippen MR) is 170 cm³/mol. The van der Waals surface area contributed by atoms with Gasteiger partial charge in [0.15, 0.2) is 0 Å². The van der Waals surface area contributed by atoms with Gasteiger partial charge in [-0.3, -0.25) is 0 Å². The van der Waals surface area contributed by atoms with E-state index in [2.05, 4.69) is 46.4 Å². The van der Waals surface area contributed by atoms with Crippen molar-refractivity contribution in [3.63, 3.8) is 0 Å². The first-order valence-electron chi connectivity index (χ1n) is 16.6. The van der Waals surface area contributed by atoms with Crippen LogP contribution in [0.4, 0.5) is 24.9 Å². The summed E-state index contributed by atoms with van der Waals surface area (Å²) in [5.41, 5.74) is 3.66. The predicted octanol–water partition coefficient (Wildman–Crippen LogP) is 8.20. The number of hydrogen-bond donors (Lipinski definition) is 0. The summed E-state index contributed by atoms with van der Waals surface area (Å²) < 4.78 is 41.5. The molecule has 45 heavy (non-hydrogen) atoms. The standard InChI is InChI=1S/C35H42F3N7/c1-23-15-27(17-30(16-23)35(36,37)38)21-44(34-40-42-45(41-34)31-9-4-3-5-10-31)22-29-18-28-8-6-7-24(2)32(28)39-33(29)43(19-25-11-12-25)20-26-13-14-26/h6-8,15-18,25-26,31H,3-5,9-14,19-22H2,1-2H3. The van der Waals surface area contributed by atoms with E-state index in [9.17, 15) is 13.2 Å². The molecule has 0 unspecified atom stereocenters. The van der Waals surface area contributed by atoms with Gasteiger partial charge in [0.25, 0.3) is 5.95 Å². The smallest absolute Gasteiger partial charge is 0.356 e. The molecule has 0 saturated heterocycles. The Bertz CT molecular complexity index is 1640. The number of alkyl halides is 3. The maximum absolute atomic E-state index is 13.8. The molecule has 7 rings (SSSR count). The molecule has 10 heteroatoms. The zero-order valence-electron chi connectivity index (χ0n) is 26.2. The summed E-state index contributed by atoms with van der Waals surface area (Å²) in [7, 11) is 0. The molecule has 0 radical (unpaired) electrons. The van der Waals surface area contributed by atoms with Crippen molar-refractivity contribution in [2.75, 3.05) is 22.9 Å². The monoisotopic (exact) mass is 617 g/mol. The Kier molecular flexibility index (Phi) is 8.16. The molecule has 0 amide bonds. The number of rotatable bonds is 11. The van der Waals surface area contributed by atoms with Crippen molar-refractivity contribution in [3.8, 4) is 0 Å². The highest BCUT2D eigenvalue weighted by molar-refractivity contribution is 5.84. The van der Waals surface area contributed by atoms with Crippen LogP contribution in [0, 0.1) is 25.7 Å². The van der Waals surface area contributed by atoms with Crippen LogP contribution in [-0.4, -0.2) is 38.3 Å². The highest BCUT2D eigenvalue weighted by atomic mass is 19.4. The maximum atomic E-state index is 13.8. The number of aryl methyl sites for hydroxylation is 2. The average Bonchev–Trinajstić information content (AvgIpc) is 3.95. The lowest BCUT2D eigenvalue weighted by molar-refractivity contribution is -0.137. The third-order valence-electron chi connectivity index (χ3n) is 9.56. The first-order chi connectivity index (χ1) is 21.7. The molecule has 3 aliphatic carbocycles. The lowest BCUT2D eigenvalue weighted by Gasteiger charge is -2.29. The zero-order valence-corrected chi connectivity index (χ0v) is 26.2. The fourth-order valence-electron chi connectivity index (χ4n) is 6.79. The maximum Gasteiger partial charge on any atom is 0.416 e. The van der Waals surface area contributed by atoms with Gasteiger partial charge in [-0.05, 0) is 98.7 Å². The molecule has 238 valence electrons. The molecule has 3 saturated carbocycles. The van der Waals surface area contributed by atoms with E-state index in [-0.39, 0.29) is 12.6 Å². The van der Waals surface area contributed by atoms with Gasteiger partial charge < -0.3 is 9.80 Å². The Hall–Kier alpha value is -3.69.